The Morgan fingerprint density at radius 3 is 2.46 bits per heavy atom. The van der Waals surface area contributed by atoms with Crippen molar-refractivity contribution in [2.75, 3.05) is 13.2 Å². The summed E-state index contributed by atoms with van der Waals surface area (Å²) in [5, 5.41) is 21.2. The Kier molecular flexibility index (Phi) is 17.8. The average Bonchev–Trinajstić information content (AvgIpc) is 3.24. The van der Waals surface area contributed by atoms with Gasteiger partial charge in [0, 0.05) is 25.7 Å². The minimum absolute atomic E-state index is 0.0284. The van der Waals surface area contributed by atoms with Gasteiger partial charge in [0.1, 0.15) is 18.5 Å². The van der Waals surface area contributed by atoms with Gasteiger partial charge in [-0.2, -0.15) is 0 Å². The summed E-state index contributed by atoms with van der Waals surface area (Å²) < 4.78 is 16.6. The Morgan fingerprint density at radius 2 is 1.73 bits per heavy atom. The predicted octanol–water partition coefficient (Wildman–Crippen LogP) is 6.71. The Morgan fingerprint density at radius 1 is 1.00 bits per heavy atom. The van der Waals surface area contributed by atoms with Gasteiger partial charge in [-0.1, -0.05) is 62.1 Å². The van der Waals surface area contributed by atoms with Crippen molar-refractivity contribution in [3.05, 3.63) is 55.1 Å². The molecule has 0 heterocycles. The zero-order chi connectivity index (χ0) is 29.7. The number of carbonyl (C=O) groups excluding carboxylic acids is 2. The van der Waals surface area contributed by atoms with Gasteiger partial charge in [-0.25, -0.2) is 0 Å². The van der Waals surface area contributed by atoms with Crippen molar-refractivity contribution in [2.24, 2.45) is 11.8 Å². The predicted molar refractivity (Wildman–Crippen MR) is 161 cm³/mol. The van der Waals surface area contributed by atoms with Crippen LogP contribution in [0.15, 0.2) is 55.1 Å². The van der Waals surface area contributed by atoms with E-state index in [-0.39, 0.29) is 36.5 Å². The van der Waals surface area contributed by atoms with Crippen LogP contribution in [0, 0.1) is 11.8 Å². The SMILES string of the molecule is C=CCCCCCCCCOC(=O)CCC/C=C\C[C@@H]1[C@@H](CC[C@@H](O)COc2ccccc2)[C@H](O)C[C@@H]1OC(C)=O. The molecule has 1 aromatic carbocycles. The quantitative estimate of drug-likeness (QED) is 0.0904. The molecule has 2 rings (SSSR count). The smallest absolute Gasteiger partial charge is 0.305 e. The number of unbranched alkanes of at least 4 members (excludes halogenated alkanes) is 7. The van der Waals surface area contributed by atoms with Crippen molar-refractivity contribution >= 4 is 11.9 Å². The van der Waals surface area contributed by atoms with Gasteiger partial charge < -0.3 is 24.4 Å². The summed E-state index contributed by atoms with van der Waals surface area (Å²) in [5.74, 6) is 0.0970. The molecule has 7 heteroatoms. The first-order valence-corrected chi connectivity index (χ1v) is 15.5. The van der Waals surface area contributed by atoms with Gasteiger partial charge in [-0.3, -0.25) is 9.59 Å². The third-order valence-corrected chi connectivity index (χ3v) is 7.72. The number of para-hydroxylation sites is 1. The van der Waals surface area contributed by atoms with Crippen LogP contribution in [0.25, 0.3) is 0 Å². The van der Waals surface area contributed by atoms with E-state index >= 15 is 0 Å². The highest BCUT2D eigenvalue weighted by atomic mass is 16.5. The Bertz CT molecular complexity index is 884. The second-order valence-electron chi connectivity index (χ2n) is 11.2. The van der Waals surface area contributed by atoms with E-state index in [1.54, 1.807) is 0 Å². The highest BCUT2D eigenvalue weighted by Crippen LogP contribution is 2.40. The lowest BCUT2D eigenvalue weighted by atomic mass is 9.86. The molecule has 1 fully saturated rings. The first kappa shape index (κ1) is 34.6. The number of hydrogen-bond acceptors (Lipinski definition) is 7. The number of aliphatic hydroxyl groups excluding tert-OH is 2. The second kappa shape index (κ2) is 21.1. The first-order chi connectivity index (χ1) is 19.9. The maximum atomic E-state index is 12.0. The molecule has 1 aliphatic rings. The topological polar surface area (TPSA) is 102 Å². The van der Waals surface area contributed by atoms with Crippen LogP contribution < -0.4 is 4.74 Å². The normalized spacial score (nSPS) is 21.0. The number of ether oxygens (including phenoxy) is 3. The molecule has 41 heavy (non-hydrogen) atoms. The lowest BCUT2D eigenvalue weighted by Crippen LogP contribution is -2.27. The molecule has 0 radical (unpaired) electrons. The van der Waals surface area contributed by atoms with Crippen molar-refractivity contribution in [2.45, 2.75) is 115 Å². The number of esters is 2. The van der Waals surface area contributed by atoms with E-state index in [2.05, 4.69) is 18.7 Å². The van der Waals surface area contributed by atoms with Crippen LogP contribution in [0.4, 0.5) is 0 Å². The summed E-state index contributed by atoms with van der Waals surface area (Å²) >= 11 is 0. The lowest BCUT2D eigenvalue weighted by molar-refractivity contribution is -0.148. The largest absolute Gasteiger partial charge is 0.491 e. The molecule has 1 aliphatic carbocycles. The highest BCUT2D eigenvalue weighted by molar-refractivity contribution is 5.69. The zero-order valence-corrected chi connectivity index (χ0v) is 25.0. The van der Waals surface area contributed by atoms with Gasteiger partial charge in [-0.15, -0.1) is 6.58 Å². The van der Waals surface area contributed by atoms with Crippen molar-refractivity contribution in [1.29, 1.82) is 0 Å². The Labute approximate surface area is 247 Å². The number of benzene rings is 1. The maximum absolute atomic E-state index is 12.0. The van der Waals surface area contributed by atoms with Gasteiger partial charge in [0.2, 0.25) is 0 Å². The standard InChI is InChI=1S/C34H52O7/c1-3-4-5-6-7-8-11-17-24-39-34(38)21-16-10-9-15-20-31-30(32(37)25-33(31)41-27(2)35)23-22-28(36)26-40-29-18-13-12-14-19-29/h3,9,12-15,18-19,28,30-33,36-37H,1,4-8,10-11,16-17,20-26H2,2H3/b15-9-/t28-,30-,31-,32-,33+/m1/s1. The van der Waals surface area contributed by atoms with Gasteiger partial charge in [-0.05, 0) is 69.4 Å². The second-order valence-corrected chi connectivity index (χ2v) is 11.2. The Balaban J connectivity index is 1.66. The van der Waals surface area contributed by atoms with E-state index in [9.17, 15) is 19.8 Å². The minimum Gasteiger partial charge on any atom is -0.491 e. The van der Waals surface area contributed by atoms with Crippen molar-refractivity contribution in [3.63, 3.8) is 0 Å². The van der Waals surface area contributed by atoms with Crippen molar-refractivity contribution in [1.82, 2.24) is 0 Å². The fraction of sp³-hybridized carbons (Fsp3) is 0.647. The maximum Gasteiger partial charge on any atom is 0.305 e. The molecule has 1 aromatic rings. The van der Waals surface area contributed by atoms with Crippen molar-refractivity contribution in [3.8, 4) is 5.75 Å². The van der Waals surface area contributed by atoms with Crippen LogP contribution in [0.1, 0.15) is 96.8 Å². The average molecular weight is 573 g/mol. The number of allylic oxidation sites excluding steroid dienone is 3. The van der Waals surface area contributed by atoms with E-state index in [1.165, 1.54) is 32.6 Å². The zero-order valence-electron chi connectivity index (χ0n) is 25.0. The van der Waals surface area contributed by atoms with Crippen molar-refractivity contribution < 1.29 is 34.0 Å². The van der Waals surface area contributed by atoms with E-state index in [0.717, 1.165) is 32.1 Å². The molecular formula is C34H52O7. The Hall–Kier alpha value is -2.64. The summed E-state index contributed by atoms with van der Waals surface area (Å²) in [6, 6.07) is 9.36. The van der Waals surface area contributed by atoms with E-state index in [0.29, 0.717) is 44.5 Å². The molecule has 0 unspecified atom stereocenters. The van der Waals surface area contributed by atoms with Crippen LogP contribution >= 0.6 is 0 Å². The van der Waals surface area contributed by atoms with Crippen LogP contribution in [-0.4, -0.2) is 53.7 Å². The van der Waals surface area contributed by atoms with Crippen LogP contribution in [0.5, 0.6) is 5.75 Å². The molecule has 0 amide bonds. The van der Waals surface area contributed by atoms with E-state index in [4.69, 9.17) is 14.2 Å². The fourth-order valence-corrected chi connectivity index (χ4v) is 5.50. The van der Waals surface area contributed by atoms with Gasteiger partial charge in [0.15, 0.2) is 0 Å². The van der Waals surface area contributed by atoms with Crippen LogP contribution in [0.2, 0.25) is 0 Å². The van der Waals surface area contributed by atoms with E-state index in [1.807, 2.05) is 36.4 Å². The first-order valence-electron chi connectivity index (χ1n) is 15.5. The lowest BCUT2D eigenvalue weighted by Gasteiger charge is -2.25. The third-order valence-electron chi connectivity index (χ3n) is 7.72. The molecule has 0 bridgehead atoms. The number of hydrogen-bond donors (Lipinski definition) is 2. The summed E-state index contributed by atoms with van der Waals surface area (Å²) in [6.07, 6.45) is 16.5. The molecule has 0 aliphatic heterocycles. The molecule has 0 spiro atoms. The van der Waals surface area contributed by atoms with Gasteiger partial charge in [0.05, 0.1) is 18.8 Å². The van der Waals surface area contributed by atoms with E-state index < -0.39 is 12.2 Å². The molecule has 230 valence electrons. The summed E-state index contributed by atoms with van der Waals surface area (Å²) in [6.45, 7) is 5.81. The molecule has 2 N–H and O–H groups in total. The van der Waals surface area contributed by atoms with Crippen LogP contribution in [-0.2, 0) is 19.1 Å². The number of rotatable bonds is 22. The summed E-state index contributed by atoms with van der Waals surface area (Å²) in [5.41, 5.74) is 0. The van der Waals surface area contributed by atoms with Gasteiger partial charge in [0.25, 0.3) is 0 Å². The number of aliphatic hydroxyl groups is 2. The monoisotopic (exact) mass is 572 g/mol. The summed E-state index contributed by atoms with van der Waals surface area (Å²) in [4.78, 5) is 23.7. The van der Waals surface area contributed by atoms with Gasteiger partial charge >= 0.3 is 11.9 Å². The fourth-order valence-electron chi connectivity index (χ4n) is 5.50. The molecule has 0 aromatic heterocycles. The minimum atomic E-state index is -0.654. The molecule has 1 saturated carbocycles. The highest BCUT2D eigenvalue weighted by Gasteiger charge is 2.43. The van der Waals surface area contributed by atoms with Crippen LogP contribution in [0.3, 0.4) is 0 Å². The number of carbonyl (C=O) groups is 2. The summed E-state index contributed by atoms with van der Waals surface area (Å²) in [7, 11) is 0. The third kappa shape index (κ3) is 15.2. The molecule has 7 nitrogen and oxygen atoms in total. The molecular weight excluding hydrogens is 520 g/mol. The molecule has 5 atom stereocenters. The molecule has 0 saturated heterocycles.